The molecule has 4 N–H and O–H groups in total. The number of hydrogen-bond acceptors (Lipinski definition) is 4. The SMILES string of the molecule is NC(=O)OCC=C(O)O. The molecule has 52 valence electrons. The van der Waals surface area contributed by atoms with Gasteiger partial charge in [-0.05, 0) is 0 Å². The zero-order chi connectivity index (χ0) is 7.28. The molecule has 0 aromatic carbocycles. The van der Waals surface area contributed by atoms with Crippen LogP contribution < -0.4 is 5.73 Å². The first-order valence-electron chi connectivity index (χ1n) is 2.13. The van der Waals surface area contributed by atoms with Gasteiger partial charge in [-0.25, -0.2) is 4.79 Å². The van der Waals surface area contributed by atoms with Crippen LogP contribution in [0.3, 0.4) is 0 Å². The fourth-order valence-corrected chi connectivity index (χ4v) is 0.198. The molecule has 0 aromatic heterocycles. The van der Waals surface area contributed by atoms with Crippen molar-refractivity contribution in [3.63, 3.8) is 0 Å². The molecule has 9 heavy (non-hydrogen) atoms. The van der Waals surface area contributed by atoms with E-state index in [9.17, 15) is 4.79 Å². The van der Waals surface area contributed by atoms with Crippen LogP contribution in [-0.4, -0.2) is 22.9 Å². The maximum atomic E-state index is 9.79. The summed E-state index contributed by atoms with van der Waals surface area (Å²) in [5, 5.41) is 16.1. The molecule has 0 aliphatic carbocycles. The lowest BCUT2D eigenvalue weighted by molar-refractivity contribution is 0.158. The average Bonchev–Trinajstić information content (AvgIpc) is 1.63. The Kier molecular flexibility index (Phi) is 3.04. The maximum absolute atomic E-state index is 9.79. The fraction of sp³-hybridized carbons (Fsp3) is 0.250. The molecule has 5 heteroatoms. The normalized spacial score (nSPS) is 8.00. The molecular weight excluding hydrogens is 126 g/mol. The third-order valence-corrected chi connectivity index (χ3v) is 0.491. The van der Waals surface area contributed by atoms with Gasteiger partial charge in [-0.1, -0.05) is 0 Å². The number of carbonyl (C=O) groups is 1. The molecule has 0 saturated carbocycles. The van der Waals surface area contributed by atoms with Crippen LogP contribution in [0, 0.1) is 0 Å². The maximum Gasteiger partial charge on any atom is 0.404 e. The molecule has 0 atom stereocenters. The number of ether oxygens (including phenoxy) is 1. The summed E-state index contributed by atoms with van der Waals surface area (Å²) in [4.78, 5) is 9.79. The van der Waals surface area contributed by atoms with Gasteiger partial charge in [0.2, 0.25) is 0 Å². The third-order valence-electron chi connectivity index (χ3n) is 0.491. The van der Waals surface area contributed by atoms with E-state index in [2.05, 4.69) is 10.5 Å². The van der Waals surface area contributed by atoms with Crippen molar-refractivity contribution in [2.75, 3.05) is 6.61 Å². The predicted octanol–water partition coefficient (Wildman–Crippen LogP) is 0.0391. The summed E-state index contributed by atoms with van der Waals surface area (Å²) in [5.74, 6) is -0.892. The van der Waals surface area contributed by atoms with Crippen molar-refractivity contribution < 1.29 is 19.7 Å². The Balaban J connectivity index is 3.31. The molecule has 0 heterocycles. The van der Waals surface area contributed by atoms with Gasteiger partial charge < -0.3 is 20.7 Å². The third kappa shape index (κ3) is 6.61. The first kappa shape index (κ1) is 7.61. The Morgan fingerprint density at radius 1 is 1.67 bits per heavy atom. The summed E-state index contributed by atoms with van der Waals surface area (Å²) < 4.78 is 4.10. The first-order chi connectivity index (χ1) is 4.13. The van der Waals surface area contributed by atoms with Gasteiger partial charge in [-0.3, -0.25) is 0 Å². The number of amides is 1. The molecule has 5 nitrogen and oxygen atoms in total. The number of carbonyl (C=O) groups excluding carboxylic acids is 1. The number of rotatable bonds is 2. The smallest absolute Gasteiger partial charge is 0.404 e. The Morgan fingerprint density at radius 2 is 2.22 bits per heavy atom. The van der Waals surface area contributed by atoms with Gasteiger partial charge in [0.1, 0.15) is 6.61 Å². The molecule has 0 radical (unpaired) electrons. The van der Waals surface area contributed by atoms with E-state index in [-0.39, 0.29) is 6.61 Å². The molecule has 0 aliphatic heterocycles. The van der Waals surface area contributed by atoms with E-state index in [0.717, 1.165) is 6.08 Å². The van der Waals surface area contributed by atoms with Crippen LogP contribution in [0.5, 0.6) is 0 Å². The monoisotopic (exact) mass is 133 g/mol. The highest BCUT2D eigenvalue weighted by Gasteiger charge is 1.89. The zero-order valence-electron chi connectivity index (χ0n) is 4.57. The predicted molar refractivity (Wildman–Crippen MR) is 28.9 cm³/mol. The van der Waals surface area contributed by atoms with Crippen molar-refractivity contribution in [1.82, 2.24) is 0 Å². The van der Waals surface area contributed by atoms with Crippen LogP contribution in [-0.2, 0) is 4.74 Å². The first-order valence-corrected chi connectivity index (χ1v) is 2.13. The summed E-state index contributed by atoms with van der Waals surface area (Å²) in [6.45, 7) is -0.225. The van der Waals surface area contributed by atoms with E-state index in [1.807, 2.05) is 0 Å². The quantitative estimate of drug-likeness (QED) is 0.463. The van der Waals surface area contributed by atoms with Gasteiger partial charge in [0.05, 0.1) is 0 Å². The van der Waals surface area contributed by atoms with Gasteiger partial charge in [0, 0.05) is 6.08 Å². The molecule has 0 spiro atoms. The van der Waals surface area contributed by atoms with Crippen molar-refractivity contribution in [1.29, 1.82) is 0 Å². The summed E-state index contributed by atoms with van der Waals surface area (Å²) in [6, 6.07) is 0. The molecule has 0 fully saturated rings. The largest absolute Gasteiger partial charge is 0.481 e. The van der Waals surface area contributed by atoms with Crippen LogP contribution in [0.1, 0.15) is 0 Å². The van der Waals surface area contributed by atoms with E-state index < -0.39 is 12.0 Å². The summed E-state index contributed by atoms with van der Waals surface area (Å²) in [7, 11) is 0. The number of nitrogens with two attached hydrogens (primary N) is 1. The minimum Gasteiger partial charge on any atom is -0.481 e. The van der Waals surface area contributed by atoms with Gasteiger partial charge in [0.15, 0.2) is 0 Å². The van der Waals surface area contributed by atoms with Gasteiger partial charge in [-0.2, -0.15) is 0 Å². The van der Waals surface area contributed by atoms with Crippen LogP contribution in [0.4, 0.5) is 4.79 Å². The summed E-state index contributed by atoms with van der Waals surface area (Å²) in [6.07, 6.45) is -0.0578. The minimum absolute atomic E-state index is 0.225. The van der Waals surface area contributed by atoms with Crippen LogP contribution >= 0.6 is 0 Å². The van der Waals surface area contributed by atoms with Crippen molar-refractivity contribution in [3.8, 4) is 0 Å². The average molecular weight is 133 g/mol. The molecule has 0 rings (SSSR count). The van der Waals surface area contributed by atoms with Crippen molar-refractivity contribution in [3.05, 3.63) is 12.0 Å². The summed E-state index contributed by atoms with van der Waals surface area (Å²) in [5.41, 5.74) is 4.52. The van der Waals surface area contributed by atoms with Crippen LogP contribution in [0.25, 0.3) is 0 Å². The Bertz CT molecular complexity index is 127. The lowest BCUT2D eigenvalue weighted by Gasteiger charge is -1.92. The van der Waals surface area contributed by atoms with Crippen LogP contribution in [0.15, 0.2) is 12.0 Å². The van der Waals surface area contributed by atoms with E-state index in [4.69, 9.17) is 10.2 Å². The zero-order valence-corrected chi connectivity index (χ0v) is 4.57. The number of primary amides is 1. The Hall–Kier alpha value is -1.39. The van der Waals surface area contributed by atoms with Crippen LogP contribution in [0.2, 0.25) is 0 Å². The Labute approximate surface area is 51.3 Å². The van der Waals surface area contributed by atoms with Crippen molar-refractivity contribution in [2.24, 2.45) is 5.73 Å². The summed E-state index contributed by atoms with van der Waals surface area (Å²) >= 11 is 0. The molecule has 0 aromatic rings. The number of hydrogen-bond donors (Lipinski definition) is 3. The van der Waals surface area contributed by atoms with Gasteiger partial charge in [0.25, 0.3) is 5.95 Å². The second-order valence-corrected chi connectivity index (χ2v) is 1.19. The highest BCUT2D eigenvalue weighted by atomic mass is 16.5. The highest BCUT2D eigenvalue weighted by molar-refractivity contribution is 5.64. The lowest BCUT2D eigenvalue weighted by Crippen LogP contribution is -2.12. The minimum atomic E-state index is -0.951. The second-order valence-electron chi connectivity index (χ2n) is 1.19. The van der Waals surface area contributed by atoms with Gasteiger partial charge >= 0.3 is 6.09 Å². The standard InChI is InChI=1S/C4H7NO4/c5-4(8)9-2-1-3(6)7/h1,6-7H,2H2,(H2,5,8). The van der Waals surface area contributed by atoms with E-state index in [1.165, 1.54) is 0 Å². The molecular formula is C4H7NO4. The van der Waals surface area contributed by atoms with Crippen molar-refractivity contribution >= 4 is 6.09 Å². The highest BCUT2D eigenvalue weighted by Crippen LogP contribution is 1.80. The second kappa shape index (κ2) is 3.59. The van der Waals surface area contributed by atoms with E-state index in [1.54, 1.807) is 0 Å². The fourth-order valence-electron chi connectivity index (χ4n) is 0.198. The molecule has 0 saturated heterocycles. The molecule has 0 bridgehead atoms. The molecule has 0 unspecified atom stereocenters. The molecule has 1 amide bonds. The Morgan fingerprint density at radius 3 is 2.56 bits per heavy atom. The number of aliphatic hydroxyl groups is 2. The number of aliphatic hydroxyl groups excluding tert-OH is 1. The topological polar surface area (TPSA) is 92.8 Å². The lowest BCUT2D eigenvalue weighted by atomic mass is 10.6. The van der Waals surface area contributed by atoms with Crippen molar-refractivity contribution in [2.45, 2.75) is 0 Å². The van der Waals surface area contributed by atoms with Gasteiger partial charge in [-0.15, -0.1) is 0 Å². The van der Waals surface area contributed by atoms with E-state index in [0.29, 0.717) is 0 Å². The van der Waals surface area contributed by atoms with E-state index >= 15 is 0 Å². The molecule has 0 aliphatic rings.